The van der Waals surface area contributed by atoms with Crippen molar-refractivity contribution in [3.05, 3.63) is 0 Å². The van der Waals surface area contributed by atoms with Gasteiger partial charge in [-0.1, -0.05) is 0 Å². The molecule has 2 fully saturated rings. The van der Waals surface area contributed by atoms with Gasteiger partial charge in [0.1, 0.15) is 0 Å². The third-order valence-electron chi connectivity index (χ3n) is 4.45. The summed E-state index contributed by atoms with van der Waals surface area (Å²) in [5.74, 6) is -0.180. The number of amides is 2. The number of hydrogen-bond donors (Lipinski definition) is 2. The second-order valence-corrected chi connectivity index (χ2v) is 6.22. The number of carbonyl (C=O) groups is 2. The Hall–Kier alpha value is -0.600. The Morgan fingerprint density at radius 2 is 1.83 bits per heavy atom. The molecule has 2 saturated heterocycles. The van der Waals surface area contributed by atoms with Gasteiger partial charge in [0.25, 0.3) is 0 Å². The van der Waals surface area contributed by atoms with E-state index in [0.29, 0.717) is 45.8 Å². The van der Waals surface area contributed by atoms with Gasteiger partial charge in [-0.05, 0) is 13.8 Å². The number of halogens is 2. The van der Waals surface area contributed by atoms with Gasteiger partial charge in [-0.3, -0.25) is 14.5 Å². The van der Waals surface area contributed by atoms with Gasteiger partial charge >= 0.3 is 0 Å². The molecule has 0 aromatic carbocycles. The van der Waals surface area contributed by atoms with Crippen LogP contribution in [0.25, 0.3) is 0 Å². The summed E-state index contributed by atoms with van der Waals surface area (Å²) in [6.07, 6.45) is 0.471. The molecule has 23 heavy (non-hydrogen) atoms. The van der Waals surface area contributed by atoms with E-state index in [1.807, 2.05) is 23.6 Å². The van der Waals surface area contributed by atoms with Crippen molar-refractivity contribution in [3.63, 3.8) is 0 Å². The predicted octanol–water partition coefficient (Wildman–Crippen LogP) is -0.383. The van der Waals surface area contributed by atoms with Crippen molar-refractivity contribution >= 4 is 36.6 Å². The minimum atomic E-state index is -0.659. The zero-order chi connectivity index (χ0) is 15.5. The molecule has 9 heteroatoms. The molecule has 0 radical (unpaired) electrons. The smallest absolute Gasteiger partial charge is 0.237 e. The van der Waals surface area contributed by atoms with E-state index in [-0.39, 0.29) is 42.7 Å². The van der Waals surface area contributed by atoms with Crippen molar-refractivity contribution < 1.29 is 14.3 Å². The fourth-order valence-corrected chi connectivity index (χ4v) is 2.76. The second-order valence-electron chi connectivity index (χ2n) is 6.22. The molecular formula is C14H28Cl2N4O3. The summed E-state index contributed by atoms with van der Waals surface area (Å²) in [6.45, 7) is 8.41. The van der Waals surface area contributed by atoms with Gasteiger partial charge in [0, 0.05) is 45.2 Å². The Kier molecular flexibility index (Phi) is 9.39. The van der Waals surface area contributed by atoms with Crippen LogP contribution < -0.4 is 11.1 Å². The molecule has 0 bridgehead atoms. The van der Waals surface area contributed by atoms with Crippen LogP contribution in [0.3, 0.4) is 0 Å². The van der Waals surface area contributed by atoms with Crippen molar-refractivity contribution in [1.29, 1.82) is 0 Å². The quantitative estimate of drug-likeness (QED) is 0.703. The van der Waals surface area contributed by atoms with E-state index in [0.717, 1.165) is 6.54 Å². The number of hydrogen-bond acceptors (Lipinski definition) is 5. The standard InChI is InChI=1S/C14H26N4O3.2ClH/c1-14(2,13(15)20)18-6-4-17(5-7-18)12(19)9-11-10-21-8-3-16-11;;/h11,16H,3-10H2,1-2H3,(H2,15,20);2*1H. The number of morpholine rings is 1. The molecule has 2 rings (SSSR count). The van der Waals surface area contributed by atoms with Crippen LogP contribution in [0.1, 0.15) is 20.3 Å². The first kappa shape index (κ1) is 22.4. The van der Waals surface area contributed by atoms with E-state index < -0.39 is 5.54 Å². The molecule has 1 atom stereocenters. The first-order valence-electron chi connectivity index (χ1n) is 7.55. The summed E-state index contributed by atoms with van der Waals surface area (Å²) in [6, 6.07) is 0.117. The summed E-state index contributed by atoms with van der Waals surface area (Å²) in [4.78, 5) is 27.7. The lowest BCUT2D eigenvalue weighted by Gasteiger charge is -2.42. The van der Waals surface area contributed by atoms with Crippen LogP contribution in [0.4, 0.5) is 0 Å². The summed E-state index contributed by atoms with van der Waals surface area (Å²) < 4.78 is 5.37. The van der Waals surface area contributed by atoms with Crippen molar-refractivity contribution in [2.75, 3.05) is 45.9 Å². The number of primary amides is 1. The first-order chi connectivity index (χ1) is 9.91. The molecule has 0 aliphatic carbocycles. The molecule has 3 N–H and O–H groups in total. The predicted molar refractivity (Wildman–Crippen MR) is 93.1 cm³/mol. The highest BCUT2D eigenvalue weighted by molar-refractivity contribution is 5.85. The molecule has 7 nitrogen and oxygen atoms in total. The molecule has 136 valence electrons. The van der Waals surface area contributed by atoms with Crippen molar-refractivity contribution in [2.24, 2.45) is 5.73 Å². The van der Waals surface area contributed by atoms with Gasteiger partial charge in [0.15, 0.2) is 0 Å². The van der Waals surface area contributed by atoms with E-state index in [1.54, 1.807) is 0 Å². The minimum absolute atomic E-state index is 0. The van der Waals surface area contributed by atoms with Gasteiger partial charge in [0.05, 0.1) is 18.8 Å². The third-order valence-corrected chi connectivity index (χ3v) is 4.45. The van der Waals surface area contributed by atoms with Gasteiger partial charge < -0.3 is 20.7 Å². The van der Waals surface area contributed by atoms with E-state index in [4.69, 9.17) is 10.5 Å². The maximum atomic E-state index is 12.3. The molecule has 2 aliphatic heterocycles. The van der Waals surface area contributed by atoms with E-state index >= 15 is 0 Å². The van der Waals surface area contributed by atoms with E-state index in [2.05, 4.69) is 5.32 Å². The zero-order valence-electron chi connectivity index (χ0n) is 13.7. The van der Waals surface area contributed by atoms with Crippen molar-refractivity contribution in [1.82, 2.24) is 15.1 Å². The van der Waals surface area contributed by atoms with Gasteiger partial charge in [0.2, 0.25) is 11.8 Å². The number of piperazine rings is 1. The normalized spacial score (nSPS) is 22.7. The zero-order valence-corrected chi connectivity index (χ0v) is 15.4. The molecule has 0 aromatic heterocycles. The summed E-state index contributed by atoms with van der Waals surface area (Å²) in [5.41, 5.74) is 4.78. The SMILES string of the molecule is CC(C)(C(N)=O)N1CCN(C(=O)CC2COCCN2)CC1.Cl.Cl. The Bertz CT molecular complexity index is 395. The van der Waals surface area contributed by atoms with E-state index in [9.17, 15) is 9.59 Å². The van der Waals surface area contributed by atoms with E-state index in [1.165, 1.54) is 0 Å². The fourth-order valence-electron chi connectivity index (χ4n) is 2.76. The van der Waals surface area contributed by atoms with Crippen LogP contribution in [-0.2, 0) is 14.3 Å². The number of nitrogens with one attached hydrogen (secondary N) is 1. The Balaban J connectivity index is 0.00000242. The first-order valence-corrected chi connectivity index (χ1v) is 7.55. The van der Waals surface area contributed by atoms with Gasteiger partial charge in [-0.15, -0.1) is 24.8 Å². The number of ether oxygens (including phenoxy) is 1. The molecular weight excluding hydrogens is 343 g/mol. The van der Waals surface area contributed by atoms with Crippen LogP contribution >= 0.6 is 24.8 Å². The number of nitrogens with two attached hydrogens (primary N) is 1. The van der Waals surface area contributed by atoms with Crippen LogP contribution in [0, 0.1) is 0 Å². The third kappa shape index (κ3) is 5.76. The Morgan fingerprint density at radius 1 is 1.22 bits per heavy atom. The molecule has 2 aliphatic rings. The lowest BCUT2D eigenvalue weighted by atomic mass is 10.0. The van der Waals surface area contributed by atoms with Gasteiger partial charge in [-0.25, -0.2) is 0 Å². The fraction of sp³-hybridized carbons (Fsp3) is 0.857. The lowest BCUT2D eigenvalue weighted by molar-refractivity contribution is -0.137. The van der Waals surface area contributed by atoms with Crippen LogP contribution in [0.5, 0.6) is 0 Å². The maximum Gasteiger partial charge on any atom is 0.237 e. The Labute approximate surface area is 150 Å². The number of nitrogens with zero attached hydrogens (tertiary/aromatic N) is 2. The Morgan fingerprint density at radius 3 is 2.30 bits per heavy atom. The topological polar surface area (TPSA) is 87.9 Å². The highest BCUT2D eigenvalue weighted by atomic mass is 35.5. The molecule has 0 spiro atoms. The average molecular weight is 371 g/mol. The van der Waals surface area contributed by atoms with Crippen LogP contribution in [0.2, 0.25) is 0 Å². The number of carbonyl (C=O) groups excluding carboxylic acids is 2. The monoisotopic (exact) mass is 370 g/mol. The second kappa shape index (κ2) is 9.64. The molecule has 0 saturated carbocycles. The summed E-state index contributed by atoms with van der Waals surface area (Å²) in [7, 11) is 0. The number of rotatable bonds is 4. The maximum absolute atomic E-state index is 12.3. The molecule has 2 amide bonds. The highest BCUT2D eigenvalue weighted by Gasteiger charge is 2.35. The van der Waals surface area contributed by atoms with Crippen LogP contribution in [0.15, 0.2) is 0 Å². The summed E-state index contributed by atoms with van der Waals surface area (Å²) >= 11 is 0. The summed E-state index contributed by atoms with van der Waals surface area (Å²) in [5, 5.41) is 3.29. The molecule has 0 aromatic rings. The molecule has 1 unspecified atom stereocenters. The lowest BCUT2D eigenvalue weighted by Crippen LogP contribution is -2.60. The van der Waals surface area contributed by atoms with Crippen molar-refractivity contribution in [3.8, 4) is 0 Å². The van der Waals surface area contributed by atoms with Gasteiger partial charge in [-0.2, -0.15) is 0 Å². The minimum Gasteiger partial charge on any atom is -0.378 e. The molecule has 2 heterocycles. The van der Waals surface area contributed by atoms with Crippen LogP contribution in [-0.4, -0.2) is 79.1 Å². The van der Waals surface area contributed by atoms with Crippen molar-refractivity contribution in [2.45, 2.75) is 31.8 Å². The average Bonchev–Trinajstić information content (AvgIpc) is 2.48. The largest absolute Gasteiger partial charge is 0.378 e. The highest BCUT2D eigenvalue weighted by Crippen LogP contribution is 2.17.